The Morgan fingerprint density at radius 3 is 2.39 bits per heavy atom. The summed E-state index contributed by atoms with van der Waals surface area (Å²) in [5, 5.41) is 35.5. The van der Waals surface area contributed by atoms with Crippen molar-refractivity contribution in [3.63, 3.8) is 0 Å². The summed E-state index contributed by atoms with van der Waals surface area (Å²) in [6.07, 6.45) is 6.33. The van der Waals surface area contributed by atoms with Crippen molar-refractivity contribution in [2.75, 3.05) is 0 Å². The number of rotatable bonds is 5. The number of hydrogen-bond donors (Lipinski definition) is 3. The number of fused-ring (bicyclic) bond motifs is 5. The largest absolute Gasteiger partial charge is 0.478 e. The second-order valence-electron chi connectivity index (χ2n) is 13.6. The molecule has 4 saturated carbocycles. The zero-order valence-corrected chi connectivity index (χ0v) is 24.2. The SMILES string of the molecule is CC(=O)O[C@H]1C[C@@]2(C)[C@@H](C[C@@H](O)[C@H]3[C@@]4(C)CC/C(=N\O)[C@@H](C)[C@@H]4CC[C@@]32C)/C1=C(\CCC=C(C)C)C(=O)O. The molecule has 0 aliphatic heterocycles. The van der Waals surface area contributed by atoms with Gasteiger partial charge in [0.15, 0.2) is 0 Å². The molecule has 38 heavy (non-hydrogen) atoms. The number of esters is 1. The molecule has 0 aromatic rings. The number of aliphatic hydroxyl groups excluding tert-OH is 1. The molecular weight excluding hydrogens is 482 g/mol. The molecule has 0 heterocycles. The predicted octanol–water partition coefficient (Wildman–Crippen LogP) is 6.14. The van der Waals surface area contributed by atoms with Crippen molar-refractivity contribution in [3.05, 3.63) is 22.8 Å². The van der Waals surface area contributed by atoms with Crippen molar-refractivity contribution in [3.8, 4) is 0 Å². The normalized spacial score (nSPS) is 44.5. The molecule has 0 amide bonds. The van der Waals surface area contributed by atoms with Crippen LogP contribution in [0, 0.1) is 39.9 Å². The van der Waals surface area contributed by atoms with Crippen LogP contribution >= 0.6 is 0 Å². The summed E-state index contributed by atoms with van der Waals surface area (Å²) in [6.45, 7) is 14.4. The minimum absolute atomic E-state index is 0.0222. The maximum Gasteiger partial charge on any atom is 0.331 e. The quantitative estimate of drug-likeness (QED) is 0.130. The molecule has 212 valence electrons. The summed E-state index contributed by atoms with van der Waals surface area (Å²) >= 11 is 0. The number of aliphatic hydroxyl groups is 1. The fourth-order valence-electron chi connectivity index (χ4n) is 9.76. The Morgan fingerprint density at radius 1 is 1.13 bits per heavy atom. The summed E-state index contributed by atoms with van der Waals surface area (Å²) in [5.41, 5.74) is 2.33. The lowest BCUT2D eigenvalue weighted by atomic mass is 9.36. The van der Waals surface area contributed by atoms with E-state index in [4.69, 9.17) is 4.74 Å². The Morgan fingerprint density at radius 2 is 1.82 bits per heavy atom. The van der Waals surface area contributed by atoms with Crippen LogP contribution < -0.4 is 0 Å². The Balaban J connectivity index is 1.82. The molecule has 0 radical (unpaired) electrons. The third-order valence-electron chi connectivity index (χ3n) is 11.5. The summed E-state index contributed by atoms with van der Waals surface area (Å²) in [6, 6.07) is 0. The lowest BCUT2D eigenvalue weighted by Gasteiger charge is -2.68. The Hall–Kier alpha value is -2.15. The fraction of sp³-hybridized carbons (Fsp3) is 0.774. The lowest BCUT2D eigenvalue weighted by Crippen LogP contribution is -2.65. The molecule has 0 aromatic heterocycles. The zero-order chi connectivity index (χ0) is 28.2. The minimum atomic E-state index is -0.960. The monoisotopic (exact) mass is 529 g/mol. The Labute approximate surface area is 227 Å². The van der Waals surface area contributed by atoms with E-state index in [0.29, 0.717) is 37.2 Å². The average molecular weight is 530 g/mol. The van der Waals surface area contributed by atoms with Crippen LogP contribution in [0.4, 0.5) is 0 Å². The molecule has 4 aliphatic rings. The highest BCUT2D eigenvalue weighted by Crippen LogP contribution is 2.74. The number of carbonyl (C=O) groups is 2. The van der Waals surface area contributed by atoms with Crippen LogP contribution in [0.2, 0.25) is 0 Å². The van der Waals surface area contributed by atoms with Crippen LogP contribution in [0.5, 0.6) is 0 Å². The van der Waals surface area contributed by atoms with Gasteiger partial charge in [0.2, 0.25) is 0 Å². The van der Waals surface area contributed by atoms with Crippen LogP contribution in [0.1, 0.15) is 99.8 Å². The summed E-state index contributed by atoms with van der Waals surface area (Å²) in [7, 11) is 0. The second kappa shape index (κ2) is 10.1. The van der Waals surface area contributed by atoms with Crippen LogP contribution in [-0.4, -0.2) is 45.3 Å². The summed E-state index contributed by atoms with van der Waals surface area (Å²) in [4.78, 5) is 24.9. The average Bonchev–Trinajstić information content (AvgIpc) is 3.08. The molecule has 4 rings (SSSR count). The zero-order valence-electron chi connectivity index (χ0n) is 24.2. The number of ether oxygens (including phenoxy) is 1. The first kappa shape index (κ1) is 28.8. The molecule has 9 atom stereocenters. The van der Waals surface area contributed by atoms with E-state index in [9.17, 15) is 25.0 Å². The summed E-state index contributed by atoms with van der Waals surface area (Å²) < 4.78 is 5.88. The third-order valence-corrected chi connectivity index (χ3v) is 11.5. The van der Waals surface area contributed by atoms with Gasteiger partial charge in [0.05, 0.1) is 11.8 Å². The van der Waals surface area contributed by atoms with Gasteiger partial charge in [-0.25, -0.2) is 4.79 Å². The molecule has 3 N–H and O–H groups in total. The smallest absolute Gasteiger partial charge is 0.331 e. The van der Waals surface area contributed by atoms with Crippen molar-refractivity contribution >= 4 is 17.7 Å². The van der Waals surface area contributed by atoms with E-state index in [1.807, 2.05) is 19.9 Å². The van der Waals surface area contributed by atoms with Gasteiger partial charge in [0.25, 0.3) is 0 Å². The van der Waals surface area contributed by atoms with E-state index in [1.54, 1.807) is 0 Å². The van der Waals surface area contributed by atoms with Crippen molar-refractivity contribution in [1.29, 1.82) is 0 Å². The fourth-order valence-corrected chi connectivity index (χ4v) is 9.76. The molecule has 7 nitrogen and oxygen atoms in total. The molecule has 0 saturated heterocycles. The highest BCUT2D eigenvalue weighted by atomic mass is 16.5. The number of hydrogen-bond acceptors (Lipinski definition) is 6. The van der Waals surface area contributed by atoms with Gasteiger partial charge in [-0.05, 0) is 105 Å². The summed E-state index contributed by atoms with van der Waals surface area (Å²) in [5.74, 6) is -1.04. The number of nitrogens with zero attached hydrogens (tertiary/aromatic N) is 1. The first-order valence-corrected chi connectivity index (χ1v) is 14.4. The van der Waals surface area contributed by atoms with Crippen molar-refractivity contribution in [2.45, 2.75) is 112 Å². The number of allylic oxidation sites excluding steroid dienone is 2. The van der Waals surface area contributed by atoms with Crippen LogP contribution in [-0.2, 0) is 14.3 Å². The van der Waals surface area contributed by atoms with Gasteiger partial charge in [0, 0.05) is 18.4 Å². The second-order valence-corrected chi connectivity index (χ2v) is 13.6. The number of oxime groups is 1. The molecule has 0 unspecified atom stereocenters. The minimum Gasteiger partial charge on any atom is -0.478 e. The molecule has 4 aliphatic carbocycles. The number of carboxylic acids is 1. The highest BCUT2D eigenvalue weighted by Gasteiger charge is 2.70. The number of aliphatic carboxylic acids is 1. The molecule has 4 fully saturated rings. The first-order valence-electron chi connectivity index (χ1n) is 14.4. The van der Waals surface area contributed by atoms with Crippen molar-refractivity contribution in [1.82, 2.24) is 0 Å². The Bertz CT molecular complexity index is 1070. The standard InChI is InChI=1S/C31H47NO6/c1-17(2)9-8-10-20(28(35)36)26-22-15-24(34)27-29(5)13-12-23(32-37)18(3)21(29)11-14-30(27,6)31(22,7)16-25(26)38-19(4)33/h9,18,21-22,24-25,27,34,37H,8,10-16H2,1-7H3,(H,35,36)/b26-20-,32-23+/t18-,21-,22-,24+,25-,27-,29-,30-,31-/m0/s1. The topological polar surface area (TPSA) is 116 Å². The van der Waals surface area contributed by atoms with Crippen LogP contribution in [0.25, 0.3) is 0 Å². The maximum atomic E-state index is 12.6. The number of carboxylic acid groups (broad SMARTS) is 1. The van der Waals surface area contributed by atoms with Gasteiger partial charge < -0.3 is 20.2 Å². The van der Waals surface area contributed by atoms with E-state index in [0.717, 1.165) is 42.5 Å². The van der Waals surface area contributed by atoms with E-state index in [2.05, 4.69) is 32.9 Å². The van der Waals surface area contributed by atoms with Crippen molar-refractivity contribution < 1.29 is 29.7 Å². The van der Waals surface area contributed by atoms with Gasteiger partial charge in [-0.15, -0.1) is 0 Å². The maximum absolute atomic E-state index is 12.6. The molecule has 0 bridgehead atoms. The van der Waals surface area contributed by atoms with E-state index in [-0.39, 0.29) is 34.0 Å². The van der Waals surface area contributed by atoms with Gasteiger partial charge in [-0.1, -0.05) is 44.5 Å². The molecule has 0 aromatic carbocycles. The van der Waals surface area contributed by atoms with Crippen LogP contribution in [0.15, 0.2) is 28.0 Å². The van der Waals surface area contributed by atoms with Gasteiger partial charge in [0.1, 0.15) is 6.10 Å². The van der Waals surface area contributed by atoms with E-state index in [1.165, 1.54) is 6.92 Å². The predicted molar refractivity (Wildman–Crippen MR) is 146 cm³/mol. The lowest BCUT2D eigenvalue weighted by molar-refractivity contribution is -0.218. The van der Waals surface area contributed by atoms with Gasteiger partial charge >= 0.3 is 11.9 Å². The Kier molecular flexibility index (Phi) is 7.67. The van der Waals surface area contributed by atoms with E-state index >= 15 is 0 Å². The number of carbonyl (C=O) groups excluding carboxylic acids is 1. The van der Waals surface area contributed by atoms with Gasteiger partial charge in [-0.3, -0.25) is 4.79 Å². The molecule has 7 heteroatoms. The van der Waals surface area contributed by atoms with Crippen molar-refractivity contribution in [2.24, 2.45) is 45.1 Å². The first-order chi connectivity index (χ1) is 17.7. The third kappa shape index (κ3) is 4.33. The van der Waals surface area contributed by atoms with Gasteiger partial charge in [-0.2, -0.15) is 0 Å². The van der Waals surface area contributed by atoms with Crippen LogP contribution in [0.3, 0.4) is 0 Å². The molecule has 0 spiro atoms. The molecular formula is C31H47NO6. The van der Waals surface area contributed by atoms with E-state index < -0.39 is 24.1 Å². The highest BCUT2D eigenvalue weighted by molar-refractivity contribution is 5.88.